The van der Waals surface area contributed by atoms with E-state index in [1.165, 1.54) is 5.01 Å². The molecule has 0 heterocycles. The number of hydrogen-bond acceptors (Lipinski definition) is 2. The van der Waals surface area contributed by atoms with Crippen molar-refractivity contribution >= 4 is 11.8 Å². The maximum atomic E-state index is 12.7. The average molecular weight is 300 g/mol. The van der Waals surface area contributed by atoms with Crippen molar-refractivity contribution in [3.8, 4) is 11.8 Å². The number of rotatable bonds is 2. The first-order chi connectivity index (χ1) is 10.3. The van der Waals surface area contributed by atoms with Gasteiger partial charge in [-0.15, -0.1) is 0 Å². The van der Waals surface area contributed by atoms with E-state index in [0.717, 1.165) is 12.0 Å². The van der Waals surface area contributed by atoms with Gasteiger partial charge in [-0.25, -0.2) is 5.01 Å². The van der Waals surface area contributed by atoms with Crippen molar-refractivity contribution in [2.24, 2.45) is 0 Å². The fraction of sp³-hybridized carbons (Fsp3) is 0.444. The van der Waals surface area contributed by atoms with Crippen molar-refractivity contribution in [1.29, 1.82) is 0 Å². The molecule has 1 N–H and O–H groups in total. The third-order valence-electron chi connectivity index (χ3n) is 2.93. The zero-order chi connectivity index (χ0) is 16.8. The highest BCUT2D eigenvalue weighted by Gasteiger charge is 2.29. The molecule has 0 radical (unpaired) electrons. The van der Waals surface area contributed by atoms with Crippen LogP contribution in [0.25, 0.3) is 0 Å². The van der Waals surface area contributed by atoms with Gasteiger partial charge in [-0.2, -0.15) is 0 Å². The molecule has 0 unspecified atom stereocenters. The third kappa shape index (κ3) is 5.25. The molecule has 0 saturated heterocycles. The summed E-state index contributed by atoms with van der Waals surface area (Å²) in [5.74, 6) is 4.57. The standard InChI is InChI=1S/C18H24N2O2/c1-6-7-8-12-16(21)19-20(18(3,4)5)17(22)15-11-9-10-14(2)13-15/h9-11,13H,6-7H2,1-5H3,(H,19,21). The Morgan fingerprint density at radius 1 is 1.27 bits per heavy atom. The predicted octanol–water partition coefficient (Wildman–Crippen LogP) is 3.07. The molecule has 0 aliphatic heterocycles. The van der Waals surface area contributed by atoms with Gasteiger partial charge < -0.3 is 0 Å². The zero-order valence-corrected chi connectivity index (χ0v) is 14.0. The third-order valence-corrected chi connectivity index (χ3v) is 2.93. The normalized spacial score (nSPS) is 10.4. The number of aryl methyl sites for hydroxylation is 1. The largest absolute Gasteiger partial charge is 0.314 e. The molecular formula is C18H24N2O2. The lowest BCUT2D eigenvalue weighted by Crippen LogP contribution is -2.55. The van der Waals surface area contributed by atoms with Gasteiger partial charge in [-0.3, -0.25) is 15.0 Å². The van der Waals surface area contributed by atoms with Crippen LogP contribution in [0.2, 0.25) is 0 Å². The van der Waals surface area contributed by atoms with Crippen LogP contribution in [0.3, 0.4) is 0 Å². The summed E-state index contributed by atoms with van der Waals surface area (Å²) in [7, 11) is 0. The maximum absolute atomic E-state index is 12.7. The fourth-order valence-electron chi connectivity index (χ4n) is 1.83. The van der Waals surface area contributed by atoms with Crippen molar-refractivity contribution in [2.75, 3.05) is 0 Å². The van der Waals surface area contributed by atoms with Crippen molar-refractivity contribution in [2.45, 2.75) is 53.0 Å². The molecule has 0 aromatic heterocycles. The predicted molar refractivity (Wildman–Crippen MR) is 87.9 cm³/mol. The summed E-state index contributed by atoms with van der Waals surface area (Å²) in [6.45, 7) is 9.50. The Balaban J connectivity index is 2.98. The van der Waals surface area contributed by atoms with E-state index in [1.54, 1.807) is 12.1 Å². The number of amides is 2. The molecule has 0 saturated carbocycles. The number of hydrogen-bond donors (Lipinski definition) is 1. The van der Waals surface area contributed by atoms with Crippen LogP contribution in [0.1, 0.15) is 56.5 Å². The molecule has 1 rings (SSSR count). The molecule has 1 aromatic rings. The van der Waals surface area contributed by atoms with Crippen LogP contribution in [0, 0.1) is 18.8 Å². The second-order valence-electron chi connectivity index (χ2n) is 6.17. The molecule has 118 valence electrons. The van der Waals surface area contributed by atoms with E-state index in [4.69, 9.17) is 0 Å². The Morgan fingerprint density at radius 2 is 1.95 bits per heavy atom. The number of carbonyl (C=O) groups is 2. The van der Waals surface area contributed by atoms with E-state index >= 15 is 0 Å². The van der Waals surface area contributed by atoms with Gasteiger partial charge in [-0.05, 0) is 52.2 Å². The van der Waals surface area contributed by atoms with E-state index < -0.39 is 11.4 Å². The van der Waals surface area contributed by atoms with Crippen LogP contribution in [0.4, 0.5) is 0 Å². The summed E-state index contributed by atoms with van der Waals surface area (Å²) < 4.78 is 0. The second-order valence-corrected chi connectivity index (χ2v) is 6.17. The first kappa shape index (κ1) is 17.8. The zero-order valence-electron chi connectivity index (χ0n) is 14.0. The Hall–Kier alpha value is -2.28. The van der Waals surface area contributed by atoms with E-state index in [2.05, 4.69) is 17.3 Å². The van der Waals surface area contributed by atoms with Gasteiger partial charge in [0, 0.05) is 12.0 Å². The van der Waals surface area contributed by atoms with Gasteiger partial charge in [0.25, 0.3) is 5.91 Å². The fourth-order valence-corrected chi connectivity index (χ4v) is 1.83. The number of carbonyl (C=O) groups excluding carboxylic acids is 2. The lowest BCUT2D eigenvalue weighted by molar-refractivity contribution is -0.121. The lowest BCUT2D eigenvalue weighted by Gasteiger charge is -2.34. The molecule has 0 fully saturated rings. The quantitative estimate of drug-likeness (QED) is 0.674. The van der Waals surface area contributed by atoms with Crippen molar-refractivity contribution in [3.05, 3.63) is 35.4 Å². The molecule has 4 nitrogen and oxygen atoms in total. The van der Waals surface area contributed by atoms with Gasteiger partial charge in [-0.1, -0.05) is 30.5 Å². The number of nitrogens with one attached hydrogen (secondary N) is 1. The number of benzene rings is 1. The molecular weight excluding hydrogens is 276 g/mol. The molecule has 0 spiro atoms. The minimum absolute atomic E-state index is 0.248. The summed E-state index contributed by atoms with van der Waals surface area (Å²) in [5.41, 5.74) is 3.59. The van der Waals surface area contributed by atoms with Gasteiger partial charge in [0.1, 0.15) is 0 Å². The average Bonchev–Trinajstić information content (AvgIpc) is 2.43. The van der Waals surface area contributed by atoms with Gasteiger partial charge in [0.15, 0.2) is 0 Å². The number of nitrogens with zero attached hydrogens (tertiary/aromatic N) is 1. The molecule has 2 amide bonds. The Kier molecular flexibility index (Phi) is 6.18. The number of unbranched alkanes of at least 4 members (excludes halogenated alkanes) is 1. The first-order valence-electron chi connectivity index (χ1n) is 7.46. The molecule has 22 heavy (non-hydrogen) atoms. The van der Waals surface area contributed by atoms with Crippen LogP contribution < -0.4 is 5.43 Å². The Bertz CT molecular complexity index is 603. The summed E-state index contributed by atoms with van der Waals surface area (Å²) in [4.78, 5) is 24.6. The molecule has 0 atom stereocenters. The highest BCUT2D eigenvalue weighted by atomic mass is 16.2. The highest BCUT2D eigenvalue weighted by Crippen LogP contribution is 2.15. The van der Waals surface area contributed by atoms with Gasteiger partial charge >= 0.3 is 5.91 Å². The monoisotopic (exact) mass is 300 g/mol. The second kappa shape index (κ2) is 7.65. The highest BCUT2D eigenvalue weighted by molar-refractivity contribution is 5.99. The summed E-state index contributed by atoms with van der Waals surface area (Å²) >= 11 is 0. The van der Waals surface area contributed by atoms with Crippen LogP contribution >= 0.6 is 0 Å². The van der Waals surface area contributed by atoms with Crippen molar-refractivity contribution in [3.63, 3.8) is 0 Å². The van der Waals surface area contributed by atoms with Crippen LogP contribution in [-0.4, -0.2) is 22.4 Å². The first-order valence-corrected chi connectivity index (χ1v) is 7.46. The smallest absolute Gasteiger partial charge is 0.267 e. The Morgan fingerprint density at radius 3 is 2.50 bits per heavy atom. The van der Waals surface area contributed by atoms with E-state index in [1.807, 2.05) is 46.8 Å². The number of hydrazine groups is 1. The SMILES string of the molecule is CCCC#CC(=O)NN(C(=O)c1cccc(C)c1)C(C)(C)C. The minimum atomic E-state index is -0.553. The summed E-state index contributed by atoms with van der Waals surface area (Å²) in [6, 6.07) is 7.29. The summed E-state index contributed by atoms with van der Waals surface area (Å²) in [6.07, 6.45) is 1.56. The molecule has 0 aliphatic rings. The van der Waals surface area contributed by atoms with Crippen LogP contribution in [0.5, 0.6) is 0 Å². The summed E-state index contributed by atoms with van der Waals surface area (Å²) in [5, 5.41) is 1.34. The van der Waals surface area contributed by atoms with E-state index in [-0.39, 0.29) is 5.91 Å². The van der Waals surface area contributed by atoms with Crippen molar-refractivity contribution < 1.29 is 9.59 Å². The van der Waals surface area contributed by atoms with E-state index in [9.17, 15) is 9.59 Å². The topological polar surface area (TPSA) is 49.4 Å². The van der Waals surface area contributed by atoms with Crippen LogP contribution in [0.15, 0.2) is 24.3 Å². The van der Waals surface area contributed by atoms with Gasteiger partial charge in [0.05, 0.1) is 5.54 Å². The van der Waals surface area contributed by atoms with Gasteiger partial charge in [0.2, 0.25) is 0 Å². The Labute approximate surface area is 132 Å². The molecule has 0 bridgehead atoms. The molecule has 4 heteroatoms. The van der Waals surface area contributed by atoms with E-state index in [0.29, 0.717) is 12.0 Å². The molecule has 0 aliphatic carbocycles. The molecule has 1 aromatic carbocycles. The maximum Gasteiger partial charge on any atom is 0.314 e. The lowest BCUT2D eigenvalue weighted by atomic mass is 10.1. The minimum Gasteiger partial charge on any atom is -0.267 e. The van der Waals surface area contributed by atoms with Crippen LogP contribution in [-0.2, 0) is 4.79 Å². The van der Waals surface area contributed by atoms with Crippen molar-refractivity contribution in [1.82, 2.24) is 10.4 Å².